The minimum atomic E-state index is 0.0567. The molecule has 1 amide bonds. The molecular formula is C30H58N3O+. The Balaban J connectivity index is 1.93. The van der Waals surface area contributed by atoms with Crippen molar-refractivity contribution in [3.63, 3.8) is 0 Å². The van der Waals surface area contributed by atoms with E-state index in [1.165, 1.54) is 115 Å². The monoisotopic (exact) mass is 476 g/mol. The number of hydrogen-bond acceptors (Lipinski definition) is 2. The molecule has 4 heteroatoms. The molecule has 0 aliphatic carbocycles. The van der Waals surface area contributed by atoms with Gasteiger partial charge in [0.15, 0.2) is 0 Å². The molecule has 1 atom stereocenters. The average molecular weight is 477 g/mol. The molecule has 0 bridgehead atoms. The third-order valence-electron chi connectivity index (χ3n) is 7.55. The van der Waals surface area contributed by atoms with Crippen LogP contribution in [0.1, 0.15) is 136 Å². The van der Waals surface area contributed by atoms with E-state index in [0.717, 1.165) is 43.6 Å². The lowest BCUT2D eigenvalue weighted by Gasteiger charge is -2.32. The topological polar surface area (TPSA) is 41.5 Å². The Kier molecular flexibility index (Phi) is 19.2. The molecule has 0 spiro atoms. The summed E-state index contributed by atoms with van der Waals surface area (Å²) in [4.78, 5) is 16.0. The minimum absolute atomic E-state index is 0.0567. The van der Waals surface area contributed by atoms with Gasteiger partial charge in [-0.2, -0.15) is 0 Å². The number of nitrogens with one attached hydrogen (secondary N) is 1. The van der Waals surface area contributed by atoms with Crippen molar-refractivity contribution in [1.29, 1.82) is 0 Å². The number of carbonyl (C=O) groups excluding carboxylic acids is 1. The van der Waals surface area contributed by atoms with Gasteiger partial charge < -0.3 is 5.32 Å². The second kappa shape index (κ2) is 21.1. The molecule has 1 heterocycles. The second-order valence-electron chi connectivity index (χ2n) is 10.5. The highest BCUT2D eigenvalue weighted by Gasteiger charge is 2.34. The van der Waals surface area contributed by atoms with E-state index < -0.39 is 0 Å². The number of amides is 1. The van der Waals surface area contributed by atoms with Gasteiger partial charge in [-0.1, -0.05) is 116 Å². The molecule has 1 rings (SSSR count). The zero-order valence-corrected chi connectivity index (χ0v) is 23.2. The van der Waals surface area contributed by atoms with Gasteiger partial charge in [0.05, 0.1) is 19.6 Å². The molecule has 1 aliphatic rings. The summed E-state index contributed by atoms with van der Waals surface area (Å²) < 4.78 is 0.913. The molecule has 0 saturated heterocycles. The predicted molar refractivity (Wildman–Crippen MR) is 149 cm³/mol. The van der Waals surface area contributed by atoms with Crippen LogP contribution in [0.15, 0.2) is 17.1 Å². The number of rotatable bonds is 23. The molecule has 0 aromatic rings. The number of likely N-dealkylation sites (N-methyl/N-ethyl adjacent to an activating group) is 1. The van der Waals surface area contributed by atoms with Crippen LogP contribution in [0, 0.1) is 0 Å². The first-order chi connectivity index (χ1) is 16.6. The van der Waals surface area contributed by atoms with E-state index in [1.54, 1.807) is 6.92 Å². The molecule has 1 N–H and O–H groups in total. The van der Waals surface area contributed by atoms with Gasteiger partial charge in [-0.25, -0.2) is 4.99 Å². The zero-order chi connectivity index (χ0) is 24.7. The van der Waals surface area contributed by atoms with Gasteiger partial charge in [0, 0.05) is 13.0 Å². The van der Waals surface area contributed by atoms with Crippen LogP contribution in [0.2, 0.25) is 0 Å². The van der Waals surface area contributed by atoms with E-state index >= 15 is 0 Å². The summed E-state index contributed by atoms with van der Waals surface area (Å²) in [6, 6.07) is 0. The van der Waals surface area contributed by atoms with E-state index in [0.29, 0.717) is 0 Å². The van der Waals surface area contributed by atoms with E-state index in [-0.39, 0.29) is 5.91 Å². The highest BCUT2D eigenvalue weighted by molar-refractivity contribution is 5.88. The van der Waals surface area contributed by atoms with E-state index in [9.17, 15) is 4.79 Å². The maximum Gasteiger partial charge on any atom is 0.222 e. The van der Waals surface area contributed by atoms with Crippen LogP contribution < -0.4 is 5.32 Å². The van der Waals surface area contributed by atoms with Gasteiger partial charge in [0.1, 0.15) is 13.1 Å². The number of unbranched alkanes of at least 4 members (excludes halogenated alkanes) is 17. The van der Waals surface area contributed by atoms with Crippen LogP contribution in [0.5, 0.6) is 0 Å². The number of allylic oxidation sites excluding steroid dienone is 1. The lowest BCUT2D eigenvalue weighted by molar-refractivity contribution is -0.830. The summed E-state index contributed by atoms with van der Waals surface area (Å²) in [6.07, 6.45) is 29.9. The molecule has 0 aromatic carbocycles. The number of nitrogens with zero attached hydrogens (tertiary/aromatic N) is 2. The first-order valence-corrected chi connectivity index (χ1v) is 15.0. The molecule has 0 saturated carbocycles. The van der Waals surface area contributed by atoms with Crippen LogP contribution >= 0.6 is 0 Å². The van der Waals surface area contributed by atoms with Gasteiger partial charge in [-0.3, -0.25) is 9.28 Å². The summed E-state index contributed by atoms with van der Waals surface area (Å²) in [5, 5.41) is 2.95. The molecule has 4 nitrogen and oxygen atoms in total. The highest BCUT2D eigenvalue weighted by Crippen LogP contribution is 2.17. The Morgan fingerprint density at radius 1 is 0.824 bits per heavy atom. The fraction of sp³-hybridized carbons (Fsp3) is 0.867. The van der Waals surface area contributed by atoms with Crippen LogP contribution in [0.4, 0.5) is 0 Å². The van der Waals surface area contributed by atoms with Crippen molar-refractivity contribution >= 4 is 11.7 Å². The van der Waals surface area contributed by atoms with Crippen molar-refractivity contribution in [1.82, 2.24) is 5.32 Å². The van der Waals surface area contributed by atoms with E-state index in [4.69, 9.17) is 4.99 Å². The van der Waals surface area contributed by atoms with E-state index in [1.807, 2.05) is 0 Å². The van der Waals surface area contributed by atoms with Gasteiger partial charge in [0.2, 0.25) is 11.7 Å². The summed E-state index contributed by atoms with van der Waals surface area (Å²) in [6.45, 7) is 10.8. The maximum absolute atomic E-state index is 11.2. The highest BCUT2D eigenvalue weighted by atomic mass is 16.1. The number of aliphatic imine (C=N–C) groups is 1. The largest absolute Gasteiger partial charge is 0.351 e. The van der Waals surface area contributed by atoms with Gasteiger partial charge in [-0.05, 0) is 19.8 Å². The Labute approximate surface area is 212 Å². The fourth-order valence-corrected chi connectivity index (χ4v) is 5.16. The zero-order valence-electron chi connectivity index (χ0n) is 23.2. The van der Waals surface area contributed by atoms with Crippen molar-refractivity contribution in [2.45, 2.75) is 136 Å². The number of amidine groups is 1. The molecule has 34 heavy (non-hydrogen) atoms. The number of carbonyl (C=O) groups is 1. The number of quaternary nitrogens is 1. The van der Waals surface area contributed by atoms with E-state index in [2.05, 4.69) is 31.3 Å². The van der Waals surface area contributed by atoms with Crippen molar-refractivity contribution < 1.29 is 9.28 Å². The van der Waals surface area contributed by atoms with Crippen LogP contribution in [0.25, 0.3) is 0 Å². The predicted octanol–water partition coefficient (Wildman–Crippen LogP) is 7.97. The SMILES string of the molecule is CCCCCCCCCCCCCCCCCCC/C=C/C1=NCC[N+]1(CC)CCNC(C)=O. The maximum atomic E-state index is 11.2. The molecule has 1 aliphatic heterocycles. The fourth-order valence-electron chi connectivity index (χ4n) is 5.16. The van der Waals surface area contributed by atoms with Crippen molar-refractivity contribution in [2.75, 3.05) is 32.7 Å². The van der Waals surface area contributed by atoms with Gasteiger partial charge in [-0.15, -0.1) is 0 Å². The molecule has 198 valence electrons. The number of hydrogen-bond donors (Lipinski definition) is 1. The van der Waals surface area contributed by atoms with Gasteiger partial charge in [0.25, 0.3) is 0 Å². The lowest BCUT2D eigenvalue weighted by Crippen LogP contribution is -2.53. The normalized spacial score (nSPS) is 18.0. The van der Waals surface area contributed by atoms with Crippen molar-refractivity contribution in [3.8, 4) is 0 Å². The second-order valence-corrected chi connectivity index (χ2v) is 10.5. The summed E-state index contributed by atoms with van der Waals surface area (Å²) in [5.74, 6) is 1.26. The Bertz CT molecular complexity index is 557. The summed E-state index contributed by atoms with van der Waals surface area (Å²) in [5.41, 5.74) is 0. The average Bonchev–Trinajstić information content (AvgIpc) is 3.23. The van der Waals surface area contributed by atoms with Crippen molar-refractivity contribution in [3.05, 3.63) is 12.2 Å². The van der Waals surface area contributed by atoms with Crippen LogP contribution in [0.3, 0.4) is 0 Å². The summed E-state index contributed by atoms with van der Waals surface area (Å²) in [7, 11) is 0. The molecule has 1 unspecified atom stereocenters. The Morgan fingerprint density at radius 2 is 1.32 bits per heavy atom. The van der Waals surface area contributed by atoms with Crippen LogP contribution in [-0.4, -0.2) is 48.9 Å². The first-order valence-electron chi connectivity index (χ1n) is 15.0. The van der Waals surface area contributed by atoms with Crippen LogP contribution in [-0.2, 0) is 4.79 Å². The minimum Gasteiger partial charge on any atom is -0.351 e. The molecule has 0 fully saturated rings. The molecule has 0 aromatic heterocycles. The first kappa shape index (κ1) is 30.9. The Hall–Kier alpha value is -1.16. The molecular weight excluding hydrogens is 418 g/mol. The Morgan fingerprint density at radius 3 is 1.79 bits per heavy atom. The lowest BCUT2D eigenvalue weighted by atomic mass is 10.0. The smallest absolute Gasteiger partial charge is 0.222 e. The quantitative estimate of drug-likeness (QED) is 0.118. The van der Waals surface area contributed by atoms with Gasteiger partial charge >= 0.3 is 0 Å². The van der Waals surface area contributed by atoms with Crippen molar-refractivity contribution in [2.24, 2.45) is 4.99 Å². The standard InChI is InChI=1S/C30H57N3O/c1-4-6-7-8-9-10-11-12-13-14-15-16-17-18-19-20-21-22-23-24-30-32-26-28-33(30,5-2)27-25-31-29(3)34/h23-24H,4-22,25-28H2,1-3H3/p+1/b24-23+. The third-order valence-corrected chi connectivity index (χ3v) is 7.55. The third kappa shape index (κ3) is 15.0. The summed E-state index contributed by atoms with van der Waals surface area (Å²) >= 11 is 0. The molecule has 0 radical (unpaired) electrons.